The molecule has 4 nitrogen and oxygen atoms in total. The van der Waals surface area contributed by atoms with Gasteiger partial charge in [-0.25, -0.2) is 8.42 Å². The molecule has 0 saturated heterocycles. The molecule has 2 aromatic rings. The lowest BCUT2D eigenvalue weighted by atomic mass is 10.1. The highest BCUT2D eigenvalue weighted by atomic mass is 32.2. The largest absolute Gasteiger partial charge is 0.358 e. The summed E-state index contributed by atoms with van der Waals surface area (Å²) in [5.74, 6) is -0.778. The van der Waals surface area contributed by atoms with Gasteiger partial charge in [0.1, 0.15) is 0 Å². The molecule has 0 radical (unpaired) electrons. The van der Waals surface area contributed by atoms with E-state index in [0.29, 0.717) is 11.1 Å². The summed E-state index contributed by atoms with van der Waals surface area (Å²) in [6.07, 6.45) is 0. The maximum Gasteiger partial charge on any atom is 0.221 e. The average Bonchev–Trinajstić information content (AvgIpc) is 2.49. The van der Waals surface area contributed by atoms with Crippen molar-refractivity contribution in [3.05, 3.63) is 71.8 Å². The van der Waals surface area contributed by atoms with E-state index in [-0.39, 0.29) is 5.75 Å². The third-order valence-electron chi connectivity index (χ3n) is 3.02. The first-order chi connectivity index (χ1) is 10.0. The Hall–Kier alpha value is -1.98. The smallest absolute Gasteiger partial charge is 0.221 e. The van der Waals surface area contributed by atoms with Crippen molar-refractivity contribution in [1.82, 2.24) is 0 Å². The van der Waals surface area contributed by atoms with Gasteiger partial charge in [-0.3, -0.25) is 4.79 Å². The number of ether oxygens (including phenoxy) is 1. The summed E-state index contributed by atoms with van der Waals surface area (Å²) in [6, 6.07) is 17.0. The van der Waals surface area contributed by atoms with E-state index in [9.17, 15) is 13.2 Å². The zero-order valence-corrected chi connectivity index (χ0v) is 12.4. The standard InChI is InChI=1S/C16H16O4S/c1-20-16(15(17)14-10-6-3-7-11-14)21(18,19)12-13-8-4-2-5-9-13/h2-11,16H,12H2,1H3. The molecule has 0 spiro atoms. The van der Waals surface area contributed by atoms with Crippen LogP contribution in [0.1, 0.15) is 15.9 Å². The first kappa shape index (κ1) is 15.4. The van der Waals surface area contributed by atoms with Gasteiger partial charge in [0.2, 0.25) is 11.2 Å². The Morgan fingerprint density at radius 1 is 1.00 bits per heavy atom. The van der Waals surface area contributed by atoms with Gasteiger partial charge in [-0.15, -0.1) is 0 Å². The van der Waals surface area contributed by atoms with Gasteiger partial charge in [0.25, 0.3) is 0 Å². The molecule has 1 atom stereocenters. The molecule has 0 aliphatic heterocycles. The van der Waals surface area contributed by atoms with E-state index in [1.54, 1.807) is 60.7 Å². The van der Waals surface area contributed by atoms with Crippen LogP contribution in [0.2, 0.25) is 0 Å². The number of methoxy groups -OCH3 is 1. The number of sulfone groups is 1. The lowest BCUT2D eigenvalue weighted by molar-refractivity contribution is 0.0778. The minimum atomic E-state index is -3.74. The number of rotatable bonds is 6. The van der Waals surface area contributed by atoms with Gasteiger partial charge in [-0.2, -0.15) is 0 Å². The SMILES string of the molecule is COC(C(=O)c1ccccc1)S(=O)(=O)Cc1ccccc1. The average molecular weight is 304 g/mol. The van der Waals surface area contributed by atoms with Gasteiger partial charge in [0, 0.05) is 12.7 Å². The molecule has 0 aliphatic carbocycles. The highest BCUT2D eigenvalue weighted by Crippen LogP contribution is 2.16. The second-order valence-corrected chi connectivity index (χ2v) is 6.63. The summed E-state index contributed by atoms with van der Waals surface area (Å²) in [4.78, 5) is 12.3. The number of carbonyl (C=O) groups excluding carboxylic acids is 1. The Morgan fingerprint density at radius 3 is 2.05 bits per heavy atom. The summed E-state index contributed by atoms with van der Waals surface area (Å²) in [5.41, 5.74) is -0.540. The zero-order chi connectivity index (χ0) is 15.3. The molecule has 0 fully saturated rings. The molecule has 1 unspecified atom stereocenters. The molecule has 0 aromatic heterocycles. The number of carbonyl (C=O) groups is 1. The molecule has 0 N–H and O–H groups in total. The third kappa shape index (κ3) is 3.77. The van der Waals surface area contributed by atoms with Gasteiger partial charge in [-0.05, 0) is 5.56 Å². The van der Waals surface area contributed by atoms with Crippen LogP contribution in [0.4, 0.5) is 0 Å². The van der Waals surface area contributed by atoms with Crippen LogP contribution in [0.3, 0.4) is 0 Å². The molecular formula is C16H16O4S. The topological polar surface area (TPSA) is 60.4 Å². The second kappa shape index (κ2) is 6.65. The molecule has 0 bridgehead atoms. The lowest BCUT2D eigenvalue weighted by Gasteiger charge is -2.15. The zero-order valence-electron chi connectivity index (χ0n) is 11.6. The minimum Gasteiger partial charge on any atom is -0.358 e. The normalized spacial score (nSPS) is 12.8. The van der Waals surface area contributed by atoms with Crippen molar-refractivity contribution in [2.75, 3.05) is 7.11 Å². The van der Waals surface area contributed by atoms with Crippen molar-refractivity contribution >= 4 is 15.6 Å². The van der Waals surface area contributed by atoms with E-state index >= 15 is 0 Å². The molecule has 0 amide bonds. The lowest BCUT2D eigenvalue weighted by Crippen LogP contribution is -2.33. The Labute approximate surface area is 124 Å². The number of Topliss-reactive ketones (excluding diaryl/α,β-unsaturated/α-hetero) is 1. The monoisotopic (exact) mass is 304 g/mol. The van der Waals surface area contributed by atoms with E-state index < -0.39 is 21.1 Å². The predicted octanol–water partition coefficient (Wildman–Crippen LogP) is 2.46. The van der Waals surface area contributed by atoms with Crippen LogP contribution in [0.25, 0.3) is 0 Å². The fraction of sp³-hybridized carbons (Fsp3) is 0.188. The van der Waals surface area contributed by atoms with Gasteiger partial charge in [0.15, 0.2) is 9.84 Å². The van der Waals surface area contributed by atoms with E-state index in [1.165, 1.54) is 7.11 Å². The van der Waals surface area contributed by atoms with Crippen LogP contribution < -0.4 is 0 Å². The third-order valence-corrected chi connectivity index (χ3v) is 4.82. The molecule has 5 heteroatoms. The molecule has 2 aromatic carbocycles. The summed E-state index contributed by atoms with van der Waals surface area (Å²) in [7, 11) is -2.51. The summed E-state index contributed by atoms with van der Waals surface area (Å²) in [6.45, 7) is 0. The van der Waals surface area contributed by atoms with Crippen molar-refractivity contribution in [3.8, 4) is 0 Å². The highest BCUT2D eigenvalue weighted by Gasteiger charge is 2.33. The first-order valence-electron chi connectivity index (χ1n) is 6.42. The Bertz CT molecular complexity index is 694. The van der Waals surface area contributed by atoms with Gasteiger partial charge in [-0.1, -0.05) is 60.7 Å². The molecule has 2 rings (SSSR count). The van der Waals surface area contributed by atoms with Crippen LogP contribution in [0.15, 0.2) is 60.7 Å². The van der Waals surface area contributed by atoms with Crippen LogP contribution in [0, 0.1) is 0 Å². The summed E-state index contributed by atoms with van der Waals surface area (Å²) < 4.78 is 29.8. The van der Waals surface area contributed by atoms with Crippen LogP contribution in [-0.4, -0.2) is 26.7 Å². The van der Waals surface area contributed by atoms with Crippen LogP contribution >= 0.6 is 0 Å². The van der Waals surface area contributed by atoms with Crippen molar-refractivity contribution in [1.29, 1.82) is 0 Å². The maximum atomic E-state index is 12.4. The highest BCUT2D eigenvalue weighted by molar-refractivity contribution is 7.91. The Balaban J connectivity index is 2.26. The van der Waals surface area contributed by atoms with Crippen molar-refractivity contribution < 1.29 is 17.9 Å². The molecule has 21 heavy (non-hydrogen) atoms. The Kier molecular flexibility index (Phi) is 4.88. The maximum absolute atomic E-state index is 12.4. The molecule has 0 heterocycles. The number of hydrogen-bond acceptors (Lipinski definition) is 4. The van der Waals surface area contributed by atoms with Gasteiger partial charge in [0.05, 0.1) is 5.75 Å². The Morgan fingerprint density at radius 2 is 1.52 bits per heavy atom. The predicted molar refractivity (Wildman–Crippen MR) is 80.6 cm³/mol. The summed E-state index contributed by atoms with van der Waals surface area (Å²) in [5, 5.41) is 0. The number of benzene rings is 2. The second-order valence-electron chi connectivity index (χ2n) is 4.59. The summed E-state index contributed by atoms with van der Waals surface area (Å²) >= 11 is 0. The van der Waals surface area contributed by atoms with E-state index in [1.807, 2.05) is 0 Å². The van der Waals surface area contributed by atoms with Crippen molar-refractivity contribution in [2.45, 2.75) is 11.2 Å². The van der Waals surface area contributed by atoms with Crippen molar-refractivity contribution in [2.24, 2.45) is 0 Å². The van der Waals surface area contributed by atoms with Crippen LogP contribution in [0.5, 0.6) is 0 Å². The van der Waals surface area contributed by atoms with Crippen molar-refractivity contribution in [3.63, 3.8) is 0 Å². The van der Waals surface area contributed by atoms with E-state index in [4.69, 9.17) is 4.74 Å². The van der Waals surface area contributed by atoms with Gasteiger partial charge >= 0.3 is 0 Å². The fourth-order valence-electron chi connectivity index (χ4n) is 2.04. The minimum absolute atomic E-state index is 0.231. The number of ketones is 1. The molecular weight excluding hydrogens is 288 g/mol. The quantitative estimate of drug-likeness (QED) is 0.769. The van der Waals surface area contributed by atoms with E-state index in [0.717, 1.165) is 0 Å². The fourth-order valence-corrected chi connectivity index (χ4v) is 3.60. The molecule has 0 aliphatic rings. The van der Waals surface area contributed by atoms with Crippen LogP contribution in [-0.2, 0) is 20.3 Å². The molecule has 0 saturated carbocycles. The number of hydrogen-bond donors (Lipinski definition) is 0. The van der Waals surface area contributed by atoms with Gasteiger partial charge < -0.3 is 4.74 Å². The first-order valence-corrected chi connectivity index (χ1v) is 8.13. The molecule has 110 valence electrons. The van der Waals surface area contributed by atoms with E-state index in [2.05, 4.69) is 0 Å².